The summed E-state index contributed by atoms with van der Waals surface area (Å²) in [5.74, 6) is 0. The molecular formula is C13H22BrNOS. The number of hydrogen-bond donors (Lipinski definition) is 1. The predicted octanol–water partition coefficient (Wildman–Crippen LogP) is 4.37. The molecular weight excluding hydrogens is 298 g/mol. The Morgan fingerprint density at radius 2 is 2.18 bits per heavy atom. The van der Waals surface area contributed by atoms with Crippen molar-refractivity contribution in [1.29, 1.82) is 0 Å². The Labute approximate surface area is 117 Å². The third kappa shape index (κ3) is 3.53. The minimum atomic E-state index is -0.168. The van der Waals surface area contributed by atoms with Crippen molar-refractivity contribution >= 4 is 27.3 Å². The zero-order valence-electron chi connectivity index (χ0n) is 11.0. The molecule has 0 saturated heterocycles. The molecule has 1 aromatic heterocycles. The summed E-state index contributed by atoms with van der Waals surface area (Å²) in [6.45, 7) is 7.53. The van der Waals surface area contributed by atoms with Crippen molar-refractivity contribution < 1.29 is 4.74 Å². The molecule has 0 spiro atoms. The molecule has 98 valence electrons. The molecule has 1 rings (SSSR count). The zero-order chi connectivity index (χ0) is 12.9. The Hall–Kier alpha value is 0.1000. The number of nitrogens with one attached hydrogen (secondary N) is 1. The van der Waals surface area contributed by atoms with E-state index in [1.165, 1.54) is 10.0 Å². The van der Waals surface area contributed by atoms with Gasteiger partial charge in [-0.25, -0.2) is 0 Å². The van der Waals surface area contributed by atoms with Gasteiger partial charge in [0, 0.05) is 17.0 Å². The monoisotopic (exact) mass is 319 g/mol. The Balaban J connectivity index is 2.99. The summed E-state index contributed by atoms with van der Waals surface area (Å²) >= 11 is 5.35. The normalized spacial score (nSPS) is 16.8. The van der Waals surface area contributed by atoms with E-state index in [2.05, 4.69) is 52.8 Å². The van der Waals surface area contributed by atoms with Crippen molar-refractivity contribution in [1.82, 2.24) is 5.32 Å². The van der Waals surface area contributed by atoms with E-state index >= 15 is 0 Å². The fraction of sp³-hybridized carbons (Fsp3) is 0.692. The Morgan fingerprint density at radius 3 is 2.59 bits per heavy atom. The highest BCUT2D eigenvalue weighted by Crippen LogP contribution is 2.37. The second kappa shape index (κ2) is 6.88. The molecule has 0 amide bonds. The predicted molar refractivity (Wildman–Crippen MR) is 78.8 cm³/mol. The van der Waals surface area contributed by atoms with Crippen LogP contribution in [0.1, 0.15) is 45.2 Å². The standard InChI is InChI=1S/C13H22BrNOS/c1-5-7-15-12(13(3,6-2)16-4)10-8-17-9-11(10)14/h8-9,12,15H,5-7H2,1-4H3. The van der Waals surface area contributed by atoms with Gasteiger partial charge >= 0.3 is 0 Å². The molecule has 1 heterocycles. The van der Waals surface area contributed by atoms with Gasteiger partial charge in [0.2, 0.25) is 0 Å². The lowest BCUT2D eigenvalue weighted by atomic mass is 9.89. The topological polar surface area (TPSA) is 21.3 Å². The smallest absolute Gasteiger partial charge is 0.0842 e. The first kappa shape index (κ1) is 15.2. The Morgan fingerprint density at radius 1 is 1.47 bits per heavy atom. The van der Waals surface area contributed by atoms with Gasteiger partial charge in [0.05, 0.1) is 11.6 Å². The largest absolute Gasteiger partial charge is 0.377 e. The summed E-state index contributed by atoms with van der Waals surface area (Å²) in [4.78, 5) is 0. The van der Waals surface area contributed by atoms with Gasteiger partial charge < -0.3 is 10.1 Å². The average Bonchev–Trinajstić information content (AvgIpc) is 2.75. The van der Waals surface area contributed by atoms with Crippen LogP contribution in [0.4, 0.5) is 0 Å². The van der Waals surface area contributed by atoms with Crippen molar-refractivity contribution in [3.8, 4) is 0 Å². The van der Waals surface area contributed by atoms with Gasteiger partial charge in [-0.2, -0.15) is 11.3 Å². The van der Waals surface area contributed by atoms with E-state index in [-0.39, 0.29) is 11.6 Å². The second-order valence-corrected chi connectivity index (χ2v) is 6.03. The molecule has 0 saturated carbocycles. The van der Waals surface area contributed by atoms with Crippen LogP contribution in [-0.2, 0) is 4.74 Å². The molecule has 2 nitrogen and oxygen atoms in total. The van der Waals surface area contributed by atoms with Gasteiger partial charge in [0.1, 0.15) is 0 Å². The van der Waals surface area contributed by atoms with Gasteiger partial charge in [-0.1, -0.05) is 13.8 Å². The fourth-order valence-electron chi connectivity index (χ4n) is 1.91. The van der Waals surface area contributed by atoms with Gasteiger partial charge in [0.15, 0.2) is 0 Å². The third-order valence-electron chi connectivity index (χ3n) is 3.33. The zero-order valence-corrected chi connectivity index (χ0v) is 13.5. The lowest BCUT2D eigenvalue weighted by molar-refractivity contribution is -0.0300. The number of rotatable bonds is 7. The van der Waals surface area contributed by atoms with E-state index in [9.17, 15) is 0 Å². The molecule has 17 heavy (non-hydrogen) atoms. The summed E-state index contributed by atoms with van der Waals surface area (Å²) in [7, 11) is 1.80. The first-order valence-electron chi connectivity index (χ1n) is 6.09. The summed E-state index contributed by atoms with van der Waals surface area (Å²) < 4.78 is 6.92. The molecule has 0 fully saturated rings. The molecule has 2 unspecified atom stereocenters. The van der Waals surface area contributed by atoms with Crippen LogP contribution in [0, 0.1) is 0 Å². The molecule has 0 aromatic carbocycles. The summed E-state index contributed by atoms with van der Waals surface area (Å²) in [6, 6.07) is 0.234. The van der Waals surface area contributed by atoms with Crippen LogP contribution >= 0.6 is 27.3 Å². The molecule has 0 aliphatic heterocycles. The van der Waals surface area contributed by atoms with Crippen LogP contribution in [0.25, 0.3) is 0 Å². The average molecular weight is 320 g/mol. The van der Waals surface area contributed by atoms with Crippen LogP contribution in [-0.4, -0.2) is 19.3 Å². The molecule has 0 bridgehead atoms. The fourth-order valence-corrected chi connectivity index (χ4v) is 3.46. The van der Waals surface area contributed by atoms with E-state index in [1.54, 1.807) is 18.4 Å². The molecule has 0 aliphatic carbocycles. The highest BCUT2D eigenvalue weighted by molar-refractivity contribution is 9.10. The lowest BCUT2D eigenvalue weighted by Crippen LogP contribution is -2.43. The maximum atomic E-state index is 5.75. The maximum absolute atomic E-state index is 5.75. The number of ether oxygens (including phenoxy) is 1. The quantitative estimate of drug-likeness (QED) is 0.806. The van der Waals surface area contributed by atoms with Gasteiger partial charge in [-0.3, -0.25) is 0 Å². The minimum absolute atomic E-state index is 0.168. The van der Waals surface area contributed by atoms with E-state index in [4.69, 9.17) is 4.74 Å². The van der Waals surface area contributed by atoms with Crippen molar-refractivity contribution in [2.75, 3.05) is 13.7 Å². The maximum Gasteiger partial charge on any atom is 0.0842 e. The van der Waals surface area contributed by atoms with Gasteiger partial charge in [0.25, 0.3) is 0 Å². The molecule has 0 radical (unpaired) electrons. The molecule has 2 atom stereocenters. The number of thiophene rings is 1. The Bertz CT molecular complexity index is 336. The van der Waals surface area contributed by atoms with Crippen LogP contribution in [0.2, 0.25) is 0 Å². The van der Waals surface area contributed by atoms with Gasteiger partial charge in [-0.15, -0.1) is 0 Å². The highest BCUT2D eigenvalue weighted by Gasteiger charge is 2.34. The van der Waals surface area contributed by atoms with Crippen molar-refractivity contribution in [2.24, 2.45) is 0 Å². The van der Waals surface area contributed by atoms with E-state index in [1.807, 2.05) is 0 Å². The molecule has 0 aliphatic rings. The van der Waals surface area contributed by atoms with Gasteiger partial charge in [-0.05, 0) is 53.2 Å². The first-order chi connectivity index (χ1) is 8.09. The van der Waals surface area contributed by atoms with Crippen molar-refractivity contribution in [3.05, 3.63) is 20.8 Å². The number of halogens is 1. The van der Waals surface area contributed by atoms with E-state index < -0.39 is 0 Å². The second-order valence-electron chi connectivity index (χ2n) is 4.43. The first-order valence-corrected chi connectivity index (χ1v) is 7.82. The summed E-state index contributed by atoms with van der Waals surface area (Å²) in [5.41, 5.74) is 1.13. The Kier molecular flexibility index (Phi) is 6.13. The number of hydrogen-bond acceptors (Lipinski definition) is 3. The van der Waals surface area contributed by atoms with Crippen LogP contribution in [0.5, 0.6) is 0 Å². The summed E-state index contributed by atoms with van der Waals surface area (Å²) in [5, 5.41) is 7.93. The molecule has 1 aromatic rings. The van der Waals surface area contributed by atoms with Crippen LogP contribution < -0.4 is 5.32 Å². The molecule has 1 N–H and O–H groups in total. The molecule has 4 heteroatoms. The minimum Gasteiger partial charge on any atom is -0.377 e. The van der Waals surface area contributed by atoms with Crippen LogP contribution in [0.3, 0.4) is 0 Å². The van der Waals surface area contributed by atoms with E-state index in [0.717, 1.165) is 19.4 Å². The number of methoxy groups -OCH3 is 1. The van der Waals surface area contributed by atoms with E-state index in [0.29, 0.717) is 0 Å². The lowest BCUT2D eigenvalue weighted by Gasteiger charge is -2.36. The SMILES string of the molecule is CCCNC(c1cscc1Br)C(C)(CC)OC. The summed E-state index contributed by atoms with van der Waals surface area (Å²) in [6.07, 6.45) is 2.11. The highest BCUT2D eigenvalue weighted by atomic mass is 79.9. The van der Waals surface area contributed by atoms with Crippen LogP contribution in [0.15, 0.2) is 15.2 Å². The third-order valence-corrected chi connectivity index (χ3v) is 5.08. The van der Waals surface area contributed by atoms with Crippen molar-refractivity contribution in [2.45, 2.75) is 45.3 Å². The van der Waals surface area contributed by atoms with Crippen molar-refractivity contribution in [3.63, 3.8) is 0 Å².